The Labute approximate surface area is 141 Å². The van der Waals surface area contributed by atoms with Crippen molar-refractivity contribution in [2.45, 2.75) is 102 Å². The van der Waals surface area contributed by atoms with Gasteiger partial charge in [-0.1, -0.05) is 57.6 Å². The highest BCUT2D eigenvalue weighted by Gasteiger charge is 2.63. The van der Waals surface area contributed by atoms with Crippen molar-refractivity contribution in [1.29, 1.82) is 0 Å². The molecule has 0 unspecified atom stereocenters. The average Bonchev–Trinajstić information content (AvgIpc) is 3.14. The summed E-state index contributed by atoms with van der Waals surface area (Å²) < 4.78 is 6.05. The largest absolute Gasteiger partial charge is 0.481 e. The maximum absolute atomic E-state index is 10.5. The minimum Gasteiger partial charge on any atom is -0.481 e. The van der Waals surface area contributed by atoms with Crippen molar-refractivity contribution >= 4 is 5.97 Å². The summed E-state index contributed by atoms with van der Waals surface area (Å²) in [6, 6.07) is 0. The Balaban J connectivity index is 1.61. The van der Waals surface area contributed by atoms with Crippen molar-refractivity contribution in [3.8, 4) is 0 Å². The van der Waals surface area contributed by atoms with E-state index in [0.29, 0.717) is 18.4 Å². The molecule has 2 rings (SSSR count). The smallest absolute Gasteiger partial charge is 0.303 e. The average molecular weight is 322 g/mol. The standard InChI is InChI=1S/C20H34O3/c1-2-3-4-5-6-9-12-17-14-15-18-20(17,23-18)16-11-8-7-10-13-19(21)22/h9,12,17-18H,2-8,10-11,13-16H2,1H3,(H,21,22)/t17-,18-,20-/m0/s1. The molecule has 2 aliphatic rings. The second-order valence-electron chi connectivity index (χ2n) is 7.33. The summed E-state index contributed by atoms with van der Waals surface area (Å²) in [4.78, 5) is 10.5. The Hall–Kier alpha value is -0.830. The molecule has 0 amide bonds. The van der Waals surface area contributed by atoms with E-state index in [1.807, 2.05) is 0 Å². The third-order valence-electron chi connectivity index (χ3n) is 5.52. The molecule has 1 saturated carbocycles. The van der Waals surface area contributed by atoms with Gasteiger partial charge in [0.05, 0.1) is 6.10 Å². The molecule has 3 atom stereocenters. The second-order valence-corrected chi connectivity index (χ2v) is 7.33. The SMILES string of the molecule is CCCCCCC=C[C@H]1CC[C@@H]2O[C@]21CCCCCCC(=O)O. The molecule has 1 aliphatic heterocycles. The lowest BCUT2D eigenvalue weighted by molar-refractivity contribution is -0.137. The summed E-state index contributed by atoms with van der Waals surface area (Å²) in [6.45, 7) is 2.25. The van der Waals surface area contributed by atoms with Gasteiger partial charge in [0.1, 0.15) is 5.60 Å². The summed E-state index contributed by atoms with van der Waals surface area (Å²) in [5, 5.41) is 8.65. The topological polar surface area (TPSA) is 49.8 Å². The number of carboxylic acids is 1. The van der Waals surface area contributed by atoms with Gasteiger partial charge in [-0.05, 0) is 38.5 Å². The lowest BCUT2D eigenvalue weighted by Crippen LogP contribution is -2.20. The number of hydrogen-bond donors (Lipinski definition) is 1. The van der Waals surface area contributed by atoms with Gasteiger partial charge in [-0.25, -0.2) is 0 Å². The second kappa shape index (κ2) is 9.46. The molecule has 0 aromatic heterocycles. The van der Waals surface area contributed by atoms with Gasteiger partial charge in [-0.2, -0.15) is 0 Å². The number of aliphatic carboxylic acids is 1. The number of carboxylic acid groups (broad SMARTS) is 1. The van der Waals surface area contributed by atoms with Crippen molar-refractivity contribution in [1.82, 2.24) is 0 Å². The van der Waals surface area contributed by atoms with Gasteiger partial charge in [-0.3, -0.25) is 4.79 Å². The van der Waals surface area contributed by atoms with Gasteiger partial charge in [-0.15, -0.1) is 0 Å². The van der Waals surface area contributed by atoms with Crippen molar-refractivity contribution in [3.05, 3.63) is 12.2 Å². The third kappa shape index (κ3) is 5.63. The first-order chi connectivity index (χ1) is 11.2. The zero-order valence-corrected chi connectivity index (χ0v) is 14.8. The molecule has 1 heterocycles. The molecule has 0 bridgehead atoms. The fourth-order valence-electron chi connectivity index (χ4n) is 4.08. The summed E-state index contributed by atoms with van der Waals surface area (Å²) in [5.74, 6) is -0.0493. The summed E-state index contributed by atoms with van der Waals surface area (Å²) in [7, 11) is 0. The molecule has 0 aromatic rings. The van der Waals surface area contributed by atoms with Crippen LogP contribution in [0.25, 0.3) is 0 Å². The highest BCUT2D eigenvalue weighted by molar-refractivity contribution is 5.66. The van der Waals surface area contributed by atoms with E-state index in [-0.39, 0.29) is 5.60 Å². The Kier molecular flexibility index (Phi) is 7.61. The van der Waals surface area contributed by atoms with E-state index in [4.69, 9.17) is 9.84 Å². The molecule has 3 nitrogen and oxygen atoms in total. The van der Waals surface area contributed by atoms with E-state index >= 15 is 0 Å². The lowest BCUT2D eigenvalue weighted by atomic mass is 9.88. The zero-order chi connectivity index (χ0) is 16.5. The van der Waals surface area contributed by atoms with Crippen molar-refractivity contribution in [3.63, 3.8) is 0 Å². The Morgan fingerprint density at radius 2 is 1.91 bits per heavy atom. The van der Waals surface area contributed by atoms with Crippen LogP contribution in [0, 0.1) is 5.92 Å². The van der Waals surface area contributed by atoms with E-state index in [1.54, 1.807) is 0 Å². The fraction of sp³-hybridized carbons (Fsp3) is 0.850. The quantitative estimate of drug-likeness (QED) is 0.277. The van der Waals surface area contributed by atoms with Crippen LogP contribution >= 0.6 is 0 Å². The lowest BCUT2D eigenvalue weighted by Gasteiger charge is -2.17. The molecule has 1 N–H and O–H groups in total. The Bertz CT molecular complexity index is 390. The van der Waals surface area contributed by atoms with Gasteiger partial charge in [0, 0.05) is 12.3 Å². The van der Waals surface area contributed by atoms with Crippen LogP contribution in [-0.2, 0) is 9.53 Å². The Morgan fingerprint density at radius 1 is 1.13 bits per heavy atom. The number of carbonyl (C=O) groups is 1. The number of hydrogen-bond acceptors (Lipinski definition) is 2. The number of fused-ring (bicyclic) bond motifs is 1. The molecular weight excluding hydrogens is 288 g/mol. The molecular formula is C20H34O3. The maximum atomic E-state index is 10.5. The molecule has 2 fully saturated rings. The van der Waals surface area contributed by atoms with Crippen molar-refractivity contribution in [2.24, 2.45) is 5.92 Å². The molecule has 0 aromatic carbocycles. The third-order valence-corrected chi connectivity index (χ3v) is 5.52. The first kappa shape index (κ1) is 18.5. The summed E-state index contributed by atoms with van der Waals surface area (Å²) in [5.41, 5.74) is 0.159. The minimum atomic E-state index is -0.672. The number of ether oxygens (including phenoxy) is 1. The minimum absolute atomic E-state index is 0.159. The predicted octanol–water partition coefficient (Wildman–Crippen LogP) is 5.49. The predicted molar refractivity (Wildman–Crippen MR) is 93.6 cm³/mol. The molecule has 0 spiro atoms. The van der Waals surface area contributed by atoms with Crippen molar-refractivity contribution < 1.29 is 14.6 Å². The summed E-state index contributed by atoms with van der Waals surface area (Å²) >= 11 is 0. The molecule has 1 saturated heterocycles. The number of allylic oxidation sites excluding steroid dienone is 1. The highest BCUT2D eigenvalue weighted by atomic mass is 16.6. The normalized spacial score (nSPS) is 29.1. The van der Waals surface area contributed by atoms with E-state index in [1.165, 1.54) is 51.4 Å². The van der Waals surface area contributed by atoms with Gasteiger partial charge in [0.2, 0.25) is 0 Å². The van der Waals surface area contributed by atoms with Crippen molar-refractivity contribution in [2.75, 3.05) is 0 Å². The van der Waals surface area contributed by atoms with Crippen LogP contribution in [0.2, 0.25) is 0 Å². The number of epoxide rings is 1. The molecule has 0 radical (unpaired) electrons. The van der Waals surface area contributed by atoms with Crippen LogP contribution in [0.1, 0.15) is 90.4 Å². The number of rotatable bonds is 13. The van der Waals surface area contributed by atoms with Gasteiger partial charge >= 0.3 is 5.97 Å². The summed E-state index contributed by atoms with van der Waals surface area (Å²) in [6.07, 6.45) is 20.0. The van der Waals surface area contributed by atoms with Crippen LogP contribution in [0.15, 0.2) is 12.2 Å². The van der Waals surface area contributed by atoms with Gasteiger partial charge in [0.15, 0.2) is 0 Å². The van der Waals surface area contributed by atoms with E-state index < -0.39 is 5.97 Å². The number of unbranched alkanes of at least 4 members (excludes halogenated alkanes) is 7. The zero-order valence-electron chi connectivity index (χ0n) is 14.8. The van der Waals surface area contributed by atoms with Crippen LogP contribution in [0.4, 0.5) is 0 Å². The van der Waals surface area contributed by atoms with Crippen LogP contribution in [-0.4, -0.2) is 22.8 Å². The first-order valence-electron chi connectivity index (χ1n) is 9.75. The Morgan fingerprint density at radius 3 is 2.65 bits per heavy atom. The fourth-order valence-corrected chi connectivity index (χ4v) is 4.08. The molecule has 1 aliphatic carbocycles. The maximum Gasteiger partial charge on any atom is 0.303 e. The van der Waals surface area contributed by atoms with Crippen LogP contribution in [0.3, 0.4) is 0 Å². The van der Waals surface area contributed by atoms with E-state index in [9.17, 15) is 4.79 Å². The van der Waals surface area contributed by atoms with Crippen LogP contribution < -0.4 is 0 Å². The molecule has 23 heavy (non-hydrogen) atoms. The molecule has 132 valence electrons. The van der Waals surface area contributed by atoms with Gasteiger partial charge in [0.25, 0.3) is 0 Å². The monoisotopic (exact) mass is 322 g/mol. The highest BCUT2D eigenvalue weighted by Crippen LogP contribution is 2.57. The van der Waals surface area contributed by atoms with Gasteiger partial charge < -0.3 is 9.84 Å². The van der Waals surface area contributed by atoms with E-state index in [2.05, 4.69) is 19.1 Å². The van der Waals surface area contributed by atoms with Crippen LogP contribution in [0.5, 0.6) is 0 Å². The first-order valence-corrected chi connectivity index (χ1v) is 9.75. The van der Waals surface area contributed by atoms with E-state index in [0.717, 1.165) is 25.7 Å². The molecule has 3 heteroatoms.